The molecule has 2 aromatic heterocycles. The fourth-order valence-electron chi connectivity index (χ4n) is 2.47. The predicted molar refractivity (Wildman–Crippen MR) is 103 cm³/mol. The van der Waals surface area contributed by atoms with E-state index in [2.05, 4.69) is 42.2 Å². The average molecular weight is 443 g/mol. The largest absolute Gasteiger partial charge is 0.364 e. The Morgan fingerprint density at radius 3 is 2.62 bits per heavy atom. The highest BCUT2D eigenvalue weighted by molar-refractivity contribution is 14.0. The Hall–Kier alpha value is -1.91. The van der Waals surface area contributed by atoms with Gasteiger partial charge in [-0.3, -0.25) is 0 Å². The van der Waals surface area contributed by atoms with Crippen molar-refractivity contribution in [1.82, 2.24) is 25.3 Å². The molecule has 1 aliphatic heterocycles. The molecule has 3 rings (SSSR count). The standard InChI is InChI=1S/C15H21N7O.HI/c1-2-16-14(19-12-13-4-11-23-20-13)21-7-9-22(10-8-21)15-17-5-3-6-18-15;/h3-6,11H,2,7-10,12H2,1H3,(H,16,19);1H. The summed E-state index contributed by atoms with van der Waals surface area (Å²) < 4.78 is 4.84. The number of hydrogen-bond acceptors (Lipinski definition) is 6. The van der Waals surface area contributed by atoms with E-state index in [1.165, 1.54) is 0 Å². The summed E-state index contributed by atoms with van der Waals surface area (Å²) in [6, 6.07) is 3.66. The Kier molecular flexibility index (Phi) is 7.22. The maximum absolute atomic E-state index is 4.84. The quantitative estimate of drug-likeness (QED) is 0.434. The van der Waals surface area contributed by atoms with Crippen LogP contribution in [0.25, 0.3) is 0 Å². The van der Waals surface area contributed by atoms with Crippen molar-refractivity contribution in [3.8, 4) is 0 Å². The van der Waals surface area contributed by atoms with E-state index in [0.717, 1.165) is 50.3 Å². The summed E-state index contributed by atoms with van der Waals surface area (Å²) in [6.07, 6.45) is 5.12. The van der Waals surface area contributed by atoms with Crippen LogP contribution in [0.4, 0.5) is 5.95 Å². The second kappa shape index (κ2) is 9.40. The van der Waals surface area contributed by atoms with Crippen molar-refractivity contribution in [3.05, 3.63) is 36.5 Å². The molecule has 0 unspecified atom stereocenters. The molecule has 2 aromatic rings. The van der Waals surface area contributed by atoms with Crippen molar-refractivity contribution >= 4 is 35.9 Å². The first-order valence-corrected chi connectivity index (χ1v) is 7.81. The summed E-state index contributed by atoms with van der Waals surface area (Å²) in [6.45, 7) is 6.92. The van der Waals surface area contributed by atoms with Crippen LogP contribution in [0.5, 0.6) is 0 Å². The van der Waals surface area contributed by atoms with Crippen LogP contribution in [-0.4, -0.2) is 58.7 Å². The lowest BCUT2D eigenvalue weighted by atomic mass is 10.3. The molecule has 0 bridgehead atoms. The summed E-state index contributed by atoms with van der Waals surface area (Å²) in [7, 11) is 0. The third-order valence-corrected chi connectivity index (χ3v) is 3.63. The monoisotopic (exact) mass is 443 g/mol. The van der Waals surface area contributed by atoms with Crippen molar-refractivity contribution in [1.29, 1.82) is 0 Å². The number of anilines is 1. The second-order valence-electron chi connectivity index (χ2n) is 5.18. The molecule has 0 aliphatic carbocycles. The van der Waals surface area contributed by atoms with Gasteiger partial charge < -0.3 is 19.6 Å². The number of piperazine rings is 1. The minimum Gasteiger partial charge on any atom is -0.364 e. The smallest absolute Gasteiger partial charge is 0.225 e. The predicted octanol–water partition coefficient (Wildman–Crippen LogP) is 1.37. The van der Waals surface area contributed by atoms with Crippen LogP contribution in [0.2, 0.25) is 0 Å². The van der Waals surface area contributed by atoms with E-state index >= 15 is 0 Å². The first-order chi connectivity index (χ1) is 11.4. The summed E-state index contributed by atoms with van der Waals surface area (Å²) in [5.74, 6) is 1.70. The number of nitrogens with one attached hydrogen (secondary N) is 1. The van der Waals surface area contributed by atoms with E-state index in [1.54, 1.807) is 18.7 Å². The van der Waals surface area contributed by atoms with Gasteiger partial charge in [0.15, 0.2) is 5.96 Å². The van der Waals surface area contributed by atoms with E-state index in [-0.39, 0.29) is 24.0 Å². The van der Waals surface area contributed by atoms with Crippen LogP contribution >= 0.6 is 24.0 Å². The number of halogens is 1. The molecule has 24 heavy (non-hydrogen) atoms. The molecular formula is C15H22IN7O. The fourth-order valence-corrected chi connectivity index (χ4v) is 2.47. The molecule has 0 saturated carbocycles. The van der Waals surface area contributed by atoms with Crippen molar-refractivity contribution in [2.24, 2.45) is 4.99 Å². The Balaban J connectivity index is 0.00000208. The summed E-state index contributed by atoms with van der Waals surface area (Å²) in [4.78, 5) is 17.7. The third-order valence-electron chi connectivity index (χ3n) is 3.63. The number of hydrogen-bond donors (Lipinski definition) is 1. The van der Waals surface area contributed by atoms with E-state index in [1.807, 2.05) is 12.1 Å². The molecule has 8 nitrogen and oxygen atoms in total. The van der Waals surface area contributed by atoms with E-state index in [4.69, 9.17) is 4.52 Å². The van der Waals surface area contributed by atoms with E-state index in [9.17, 15) is 0 Å². The van der Waals surface area contributed by atoms with Gasteiger partial charge in [-0.15, -0.1) is 24.0 Å². The van der Waals surface area contributed by atoms with Crippen molar-refractivity contribution in [2.75, 3.05) is 37.6 Å². The van der Waals surface area contributed by atoms with Crippen LogP contribution in [0.15, 0.2) is 40.3 Å². The first kappa shape index (κ1) is 18.4. The average Bonchev–Trinajstić information content (AvgIpc) is 3.13. The van der Waals surface area contributed by atoms with E-state index < -0.39 is 0 Å². The number of nitrogens with zero attached hydrogens (tertiary/aromatic N) is 6. The minimum absolute atomic E-state index is 0. The van der Waals surface area contributed by atoms with Gasteiger partial charge in [-0.25, -0.2) is 15.0 Å². The lowest BCUT2D eigenvalue weighted by molar-refractivity contribution is 0.369. The highest BCUT2D eigenvalue weighted by atomic mass is 127. The second-order valence-corrected chi connectivity index (χ2v) is 5.18. The van der Waals surface area contributed by atoms with Gasteiger partial charge in [0.25, 0.3) is 0 Å². The van der Waals surface area contributed by atoms with Gasteiger partial charge in [-0.1, -0.05) is 5.16 Å². The van der Waals surface area contributed by atoms with Crippen molar-refractivity contribution < 1.29 is 4.52 Å². The topological polar surface area (TPSA) is 82.7 Å². The first-order valence-electron chi connectivity index (χ1n) is 7.81. The van der Waals surface area contributed by atoms with Gasteiger partial charge in [0.05, 0.1) is 6.54 Å². The van der Waals surface area contributed by atoms with Crippen LogP contribution in [0, 0.1) is 0 Å². The molecule has 1 saturated heterocycles. The number of aliphatic imine (C=N–C) groups is 1. The zero-order chi connectivity index (χ0) is 15.9. The molecule has 1 N–H and O–H groups in total. The highest BCUT2D eigenvalue weighted by Gasteiger charge is 2.21. The van der Waals surface area contributed by atoms with Crippen LogP contribution in [0.1, 0.15) is 12.6 Å². The van der Waals surface area contributed by atoms with Crippen LogP contribution in [0.3, 0.4) is 0 Å². The molecule has 130 valence electrons. The number of guanidine groups is 1. The maximum Gasteiger partial charge on any atom is 0.225 e. The van der Waals surface area contributed by atoms with Crippen molar-refractivity contribution in [2.45, 2.75) is 13.5 Å². The van der Waals surface area contributed by atoms with Gasteiger partial charge in [0.2, 0.25) is 5.95 Å². The van der Waals surface area contributed by atoms with Gasteiger partial charge in [0.1, 0.15) is 12.0 Å². The van der Waals surface area contributed by atoms with Gasteiger partial charge in [-0.2, -0.15) is 0 Å². The Labute approximate surface area is 158 Å². The molecule has 1 fully saturated rings. The molecule has 1 aliphatic rings. The lowest BCUT2D eigenvalue weighted by Gasteiger charge is -2.36. The lowest BCUT2D eigenvalue weighted by Crippen LogP contribution is -2.52. The Morgan fingerprint density at radius 2 is 2.00 bits per heavy atom. The normalized spacial score (nSPS) is 15.1. The summed E-state index contributed by atoms with van der Waals surface area (Å²) >= 11 is 0. The summed E-state index contributed by atoms with van der Waals surface area (Å²) in [5, 5.41) is 7.23. The molecule has 0 atom stereocenters. The maximum atomic E-state index is 4.84. The number of aromatic nitrogens is 3. The van der Waals surface area contributed by atoms with Gasteiger partial charge in [-0.05, 0) is 13.0 Å². The van der Waals surface area contributed by atoms with Gasteiger partial charge in [0, 0.05) is 51.2 Å². The molecular weight excluding hydrogens is 421 g/mol. The van der Waals surface area contributed by atoms with Gasteiger partial charge >= 0.3 is 0 Å². The Bertz CT molecular complexity index is 612. The molecule has 9 heteroatoms. The van der Waals surface area contributed by atoms with Crippen LogP contribution in [-0.2, 0) is 6.54 Å². The van der Waals surface area contributed by atoms with Crippen molar-refractivity contribution in [3.63, 3.8) is 0 Å². The Morgan fingerprint density at radius 1 is 1.25 bits per heavy atom. The molecule has 3 heterocycles. The molecule has 0 amide bonds. The molecule has 0 spiro atoms. The zero-order valence-corrected chi connectivity index (χ0v) is 16.0. The summed E-state index contributed by atoms with van der Waals surface area (Å²) in [5.41, 5.74) is 0.830. The third kappa shape index (κ3) is 4.79. The molecule has 0 radical (unpaired) electrons. The highest BCUT2D eigenvalue weighted by Crippen LogP contribution is 2.10. The number of rotatable bonds is 4. The zero-order valence-electron chi connectivity index (χ0n) is 13.6. The molecule has 0 aromatic carbocycles. The van der Waals surface area contributed by atoms with E-state index in [0.29, 0.717) is 6.54 Å². The van der Waals surface area contributed by atoms with Crippen LogP contribution < -0.4 is 10.2 Å². The SMILES string of the molecule is CCNC(=NCc1ccon1)N1CCN(c2ncccn2)CC1.I. The minimum atomic E-state index is 0. The fraction of sp³-hybridized carbons (Fsp3) is 0.467.